The highest BCUT2D eigenvalue weighted by molar-refractivity contribution is 5.70. The SMILES string of the molecule is CCCCCCOc1cc2c(cc1OCCCCCC)C#Cc1cc(OCCCCCC)c(OCCCCCC)cc1C#Cc1cc(OCCCCCC)c(OCCCCCC)cc1C#C2.CCCCCCOc1cc2c(cc1OCCCCCC)C#Cc1cc(OCCCCCC)c(OCCCCCC)cc1C#Cc1cc(OCCCCCC)c(OCCCCCC)cc1C#C2. The van der Waals surface area contributed by atoms with Gasteiger partial charge in [-0.1, -0.05) is 385 Å². The summed E-state index contributed by atoms with van der Waals surface area (Å²) in [7, 11) is 0. The van der Waals surface area contributed by atoms with Crippen LogP contribution in [0.1, 0.15) is 458 Å². The summed E-state index contributed by atoms with van der Waals surface area (Å²) in [5, 5.41) is 0. The highest BCUT2D eigenvalue weighted by Crippen LogP contribution is 2.40. The Labute approximate surface area is 802 Å². The zero-order valence-electron chi connectivity index (χ0n) is 84.3. The Kier molecular flexibility index (Phi) is 58.0. The van der Waals surface area contributed by atoms with E-state index in [4.69, 9.17) is 56.8 Å². The van der Waals surface area contributed by atoms with Gasteiger partial charge in [0.15, 0.2) is 69.0 Å². The van der Waals surface area contributed by atoms with E-state index in [1.165, 1.54) is 154 Å². The molecule has 6 aromatic rings. The van der Waals surface area contributed by atoms with Crippen molar-refractivity contribution in [2.75, 3.05) is 79.3 Å². The molecular weight excluding hydrogens is 1630 g/mol. The maximum absolute atomic E-state index is 6.51. The lowest BCUT2D eigenvalue weighted by molar-refractivity contribution is 0.258. The van der Waals surface area contributed by atoms with Gasteiger partial charge in [0, 0.05) is 140 Å². The Balaban J connectivity index is 0.000000361. The normalized spacial score (nSPS) is 11.2. The summed E-state index contributed by atoms with van der Waals surface area (Å²) in [6.07, 6.45) is 53.6. The first-order valence-corrected chi connectivity index (χ1v) is 52.8. The molecule has 12 nitrogen and oxygen atoms in total. The van der Waals surface area contributed by atoms with Gasteiger partial charge in [-0.25, -0.2) is 0 Å². The van der Waals surface area contributed by atoms with Crippen molar-refractivity contribution in [2.45, 2.75) is 391 Å². The average molecular weight is 1800 g/mol. The van der Waals surface area contributed by atoms with Gasteiger partial charge >= 0.3 is 0 Å². The second-order valence-electron chi connectivity index (χ2n) is 35.5. The summed E-state index contributed by atoms with van der Waals surface area (Å²) >= 11 is 0. The molecule has 0 saturated heterocycles. The van der Waals surface area contributed by atoms with Crippen LogP contribution in [-0.4, -0.2) is 79.3 Å². The smallest absolute Gasteiger partial charge is 0.162 e. The molecule has 0 unspecified atom stereocenters. The molecule has 8 rings (SSSR count). The Hall–Kier alpha value is -9.72. The number of ether oxygens (including phenoxy) is 12. The second kappa shape index (κ2) is 70.0. The molecular formula is C120H168O12. The van der Waals surface area contributed by atoms with Crippen LogP contribution in [0.25, 0.3) is 0 Å². The number of unbranched alkanes of at least 4 members (excludes halogenated alkanes) is 36. The zero-order valence-corrected chi connectivity index (χ0v) is 84.3. The summed E-state index contributed by atoms with van der Waals surface area (Å²) < 4.78 is 78.1. The van der Waals surface area contributed by atoms with Gasteiger partial charge in [-0.15, -0.1) is 0 Å². The van der Waals surface area contributed by atoms with E-state index in [9.17, 15) is 0 Å². The fraction of sp³-hybridized carbons (Fsp3) is 0.600. The number of fused-ring (bicyclic) bond motifs is 6. The lowest BCUT2D eigenvalue weighted by Crippen LogP contribution is -2.05. The molecule has 0 amide bonds. The summed E-state index contributed by atoms with van der Waals surface area (Å²) in [5.74, 6) is 50.7. The predicted octanol–water partition coefficient (Wildman–Crippen LogP) is 31.9. The topological polar surface area (TPSA) is 111 Å². The molecule has 0 aliphatic heterocycles. The average Bonchev–Trinajstić information content (AvgIpc) is 0.799. The van der Waals surface area contributed by atoms with Crippen molar-refractivity contribution in [1.82, 2.24) is 0 Å². The van der Waals surface area contributed by atoms with Crippen LogP contribution in [-0.2, 0) is 0 Å². The lowest BCUT2D eigenvalue weighted by Gasteiger charge is -2.16. The van der Waals surface area contributed by atoms with Gasteiger partial charge in [0.25, 0.3) is 0 Å². The van der Waals surface area contributed by atoms with Crippen LogP contribution in [0.2, 0.25) is 0 Å². The van der Waals surface area contributed by atoms with Gasteiger partial charge in [0.2, 0.25) is 0 Å². The van der Waals surface area contributed by atoms with Gasteiger partial charge in [-0.2, -0.15) is 0 Å². The number of benzene rings is 6. The summed E-state index contributed by atoms with van der Waals surface area (Å²) in [5.41, 5.74) is 9.20. The molecule has 0 heterocycles. The molecule has 12 heteroatoms. The molecule has 132 heavy (non-hydrogen) atoms. The molecule has 720 valence electrons. The molecule has 2 aliphatic carbocycles. The third kappa shape index (κ3) is 42.7. The third-order valence-corrected chi connectivity index (χ3v) is 23.6. The van der Waals surface area contributed by atoms with Gasteiger partial charge in [0.05, 0.1) is 79.3 Å². The Morgan fingerprint density at radius 1 is 0.114 bits per heavy atom. The quantitative estimate of drug-likeness (QED) is 0.0267. The van der Waals surface area contributed by atoms with Crippen molar-refractivity contribution in [1.29, 1.82) is 0 Å². The standard InChI is InChI=1S/2C60H84O6/c2*1-7-13-19-25-37-61-55-43-49-31-32-51-45-57(63-39-27-21-15-9-3)59(65-41-29-23-17-11-5)47-53(51)35-36-54-48-60(66-42-30-24-18-12-6)58(64-40-28-22-16-10-4)46-52(54)34-33-50(49)44-56(55)62-38-26-20-14-8-2/h2*43-48H,7-30,37-42H2,1-6H3. The molecule has 0 radical (unpaired) electrons. The van der Waals surface area contributed by atoms with Gasteiger partial charge in [0.1, 0.15) is 0 Å². The molecule has 0 bridgehead atoms. The van der Waals surface area contributed by atoms with Crippen molar-refractivity contribution in [3.05, 3.63) is 140 Å². The Morgan fingerprint density at radius 3 is 0.258 bits per heavy atom. The van der Waals surface area contributed by atoms with Crippen LogP contribution in [0.5, 0.6) is 69.0 Å². The molecule has 6 aromatic carbocycles. The van der Waals surface area contributed by atoms with E-state index in [1.807, 2.05) is 72.8 Å². The van der Waals surface area contributed by atoms with Crippen LogP contribution < -0.4 is 56.8 Å². The predicted molar refractivity (Wildman–Crippen MR) is 550 cm³/mol. The van der Waals surface area contributed by atoms with Crippen LogP contribution in [0.3, 0.4) is 0 Å². The zero-order chi connectivity index (χ0) is 93.7. The summed E-state index contributed by atoms with van der Waals surface area (Å²) in [4.78, 5) is 0. The maximum atomic E-state index is 6.51. The van der Waals surface area contributed by atoms with E-state index in [1.54, 1.807) is 0 Å². The Bertz CT molecular complexity index is 3620. The fourth-order valence-corrected chi connectivity index (χ4v) is 15.3. The molecule has 0 saturated carbocycles. The minimum atomic E-state index is 0.611. The van der Waals surface area contributed by atoms with E-state index in [-0.39, 0.29) is 0 Å². The van der Waals surface area contributed by atoms with Gasteiger partial charge < -0.3 is 56.8 Å². The first-order valence-electron chi connectivity index (χ1n) is 52.8. The molecule has 0 spiro atoms. The molecule has 0 N–H and O–H groups in total. The highest BCUT2D eigenvalue weighted by Gasteiger charge is 2.21. The fourth-order valence-electron chi connectivity index (χ4n) is 15.3. The second-order valence-corrected chi connectivity index (χ2v) is 35.5. The minimum absolute atomic E-state index is 0.611. The number of hydrogen-bond acceptors (Lipinski definition) is 12. The first-order chi connectivity index (χ1) is 65.1. The third-order valence-electron chi connectivity index (χ3n) is 23.6. The van der Waals surface area contributed by atoms with Crippen LogP contribution in [0.15, 0.2) is 72.8 Å². The van der Waals surface area contributed by atoms with Crippen molar-refractivity contribution in [3.8, 4) is 140 Å². The largest absolute Gasteiger partial charge is 0.490 e. The molecule has 0 atom stereocenters. The molecule has 2 aliphatic rings. The lowest BCUT2D eigenvalue weighted by atomic mass is 10.0. The van der Waals surface area contributed by atoms with Crippen LogP contribution >= 0.6 is 0 Å². The van der Waals surface area contributed by atoms with Crippen molar-refractivity contribution < 1.29 is 56.8 Å². The Morgan fingerprint density at radius 2 is 0.189 bits per heavy atom. The van der Waals surface area contributed by atoms with Crippen LogP contribution in [0.4, 0.5) is 0 Å². The van der Waals surface area contributed by atoms with E-state index in [0.29, 0.717) is 148 Å². The van der Waals surface area contributed by atoms with Crippen molar-refractivity contribution in [3.63, 3.8) is 0 Å². The van der Waals surface area contributed by atoms with Crippen LogP contribution in [0, 0.1) is 71.0 Å². The summed E-state index contributed by atoms with van der Waals surface area (Å²) in [6.45, 7) is 34.1. The maximum Gasteiger partial charge on any atom is 0.162 e. The molecule has 0 fully saturated rings. The van der Waals surface area contributed by atoms with Crippen molar-refractivity contribution >= 4 is 0 Å². The summed E-state index contributed by atoms with van der Waals surface area (Å²) in [6, 6.07) is 24.3. The molecule has 0 aromatic heterocycles. The van der Waals surface area contributed by atoms with E-state index in [2.05, 4.69) is 154 Å². The van der Waals surface area contributed by atoms with Gasteiger partial charge in [-0.05, 0) is 77.0 Å². The first kappa shape index (κ1) is 109. The van der Waals surface area contributed by atoms with Crippen molar-refractivity contribution in [2.24, 2.45) is 0 Å². The van der Waals surface area contributed by atoms with E-state index in [0.717, 1.165) is 221 Å². The van der Waals surface area contributed by atoms with E-state index < -0.39 is 0 Å². The minimum Gasteiger partial charge on any atom is -0.490 e. The number of hydrogen-bond donors (Lipinski definition) is 0. The monoisotopic (exact) mass is 1800 g/mol. The number of rotatable bonds is 72. The van der Waals surface area contributed by atoms with E-state index >= 15 is 0 Å². The van der Waals surface area contributed by atoms with Gasteiger partial charge in [-0.3, -0.25) is 0 Å². The highest BCUT2D eigenvalue weighted by atomic mass is 16.5.